The van der Waals surface area contributed by atoms with Crippen molar-refractivity contribution < 1.29 is 19.0 Å². The van der Waals surface area contributed by atoms with Gasteiger partial charge in [-0.1, -0.05) is 18.2 Å². The van der Waals surface area contributed by atoms with E-state index in [2.05, 4.69) is 4.98 Å². The van der Waals surface area contributed by atoms with Crippen molar-refractivity contribution in [1.29, 1.82) is 0 Å². The Morgan fingerprint density at radius 2 is 1.97 bits per heavy atom. The molecule has 2 heterocycles. The van der Waals surface area contributed by atoms with Crippen LogP contribution in [0.3, 0.4) is 0 Å². The van der Waals surface area contributed by atoms with E-state index in [9.17, 15) is 14.3 Å². The van der Waals surface area contributed by atoms with Crippen LogP contribution in [-0.4, -0.2) is 34.5 Å². The molecule has 0 spiro atoms. The molecule has 0 unspecified atom stereocenters. The van der Waals surface area contributed by atoms with Crippen molar-refractivity contribution >= 4 is 21.6 Å². The Bertz CT molecular complexity index is 1240. The Hall–Kier alpha value is -3.07. The summed E-state index contributed by atoms with van der Waals surface area (Å²) in [6.45, 7) is 0.0568. The van der Waals surface area contributed by atoms with Crippen molar-refractivity contribution in [2.75, 3.05) is 13.7 Å². The van der Waals surface area contributed by atoms with Crippen LogP contribution in [0.25, 0.3) is 20.7 Å². The van der Waals surface area contributed by atoms with Gasteiger partial charge in [0.1, 0.15) is 16.3 Å². The first-order valence-corrected chi connectivity index (χ1v) is 10.5. The Balaban J connectivity index is 1.44. The van der Waals surface area contributed by atoms with E-state index >= 15 is 0 Å². The van der Waals surface area contributed by atoms with Crippen LogP contribution in [0.2, 0.25) is 0 Å². The number of aliphatic hydroxyl groups excluding tert-OH is 1. The molecule has 4 aromatic rings. The van der Waals surface area contributed by atoms with Crippen molar-refractivity contribution in [3.63, 3.8) is 0 Å². The summed E-state index contributed by atoms with van der Waals surface area (Å²) in [5, 5.41) is 10.3. The van der Waals surface area contributed by atoms with E-state index in [-0.39, 0.29) is 31.1 Å². The number of thiophene rings is 1. The van der Waals surface area contributed by atoms with E-state index in [0.717, 1.165) is 16.2 Å². The molecule has 4 rings (SSSR count). The minimum atomic E-state index is -0.926. The van der Waals surface area contributed by atoms with Crippen molar-refractivity contribution in [2.45, 2.75) is 19.3 Å². The standard InChI is InChI=1S/C23H21FN2O4S/c1-29-18-8-6-15(7-9-18)21-10-20-22(31-21)23(28)26(14-25-20)11-17(27)13-30-12-16-4-2-3-5-19(16)24/h2-10,14,17,27H,11-13H2,1H3/t17-/m0/s1. The van der Waals surface area contributed by atoms with E-state index in [1.807, 2.05) is 30.3 Å². The first-order valence-electron chi connectivity index (χ1n) is 9.68. The predicted octanol–water partition coefficient (Wildman–Crippen LogP) is 3.85. The predicted molar refractivity (Wildman–Crippen MR) is 118 cm³/mol. The lowest BCUT2D eigenvalue weighted by Crippen LogP contribution is -2.29. The third-order valence-corrected chi connectivity index (χ3v) is 5.97. The van der Waals surface area contributed by atoms with Gasteiger partial charge in [-0.2, -0.15) is 0 Å². The zero-order chi connectivity index (χ0) is 21.8. The van der Waals surface area contributed by atoms with Gasteiger partial charge in [-0.05, 0) is 42.0 Å². The topological polar surface area (TPSA) is 73.6 Å². The van der Waals surface area contributed by atoms with Gasteiger partial charge in [0, 0.05) is 10.4 Å². The Morgan fingerprint density at radius 1 is 1.19 bits per heavy atom. The fourth-order valence-corrected chi connectivity index (χ4v) is 4.24. The molecule has 2 aromatic carbocycles. The smallest absolute Gasteiger partial charge is 0.271 e. The van der Waals surface area contributed by atoms with Gasteiger partial charge in [0.2, 0.25) is 0 Å². The lowest BCUT2D eigenvalue weighted by Gasteiger charge is -2.13. The van der Waals surface area contributed by atoms with Crippen LogP contribution in [0.1, 0.15) is 5.56 Å². The summed E-state index contributed by atoms with van der Waals surface area (Å²) < 4.78 is 26.1. The quantitative estimate of drug-likeness (QED) is 0.451. The molecule has 0 saturated carbocycles. The van der Waals surface area contributed by atoms with Crippen molar-refractivity contribution in [2.24, 2.45) is 0 Å². The molecule has 160 valence electrons. The average molecular weight is 440 g/mol. The molecule has 0 bridgehead atoms. The summed E-state index contributed by atoms with van der Waals surface area (Å²) in [6.07, 6.45) is 0.500. The van der Waals surface area contributed by atoms with E-state index in [0.29, 0.717) is 15.8 Å². The van der Waals surface area contributed by atoms with Crippen LogP contribution in [0.4, 0.5) is 4.39 Å². The van der Waals surface area contributed by atoms with Crippen molar-refractivity contribution in [1.82, 2.24) is 9.55 Å². The molecule has 0 amide bonds. The van der Waals surface area contributed by atoms with Crippen LogP contribution in [0, 0.1) is 5.82 Å². The number of hydrogen-bond donors (Lipinski definition) is 1. The molecular formula is C23H21FN2O4S. The van der Waals surface area contributed by atoms with Crippen LogP contribution in [-0.2, 0) is 17.9 Å². The number of aromatic nitrogens is 2. The van der Waals surface area contributed by atoms with E-state index in [1.165, 1.54) is 28.3 Å². The molecule has 8 heteroatoms. The maximum absolute atomic E-state index is 13.6. The van der Waals surface area contributed by atoms with Crippen LogP contribution < -0.4 is 10.3 Å². The lowest BCUT2D eigenvalue weighted by molar-refractivity contribution is 0.0189. The van der Waals surface area contributed by atoms with Gasteiger partial charge in [0.25, 0.3) is 5.56 Å². The molecule has 0 saturated heterocycles. The minimum absolute atomic E-state index is 0.0274. The molecule has 0 aliphatic heterocycles. The maximum Gasteiger partial charge on any atom is 0.271 e. The van der Waals surface area contributed by atoms with Gasteiger partial charge in [0.15, 0.2) is 0 Å². The zero-order valence-corrected chi connectivity index (χ0v) is 17.6. The second-order valence-electron chi connectivity index (χ2n) is 7.02. The third-order valence-electron chi connectivity index (χ3n) is 4.81. The monoisotopic (exact) mass is 440 g/mol. The third kappa shape index (κ3) is 4.82. The highest BCUT2D eigenvalue weighted by Gasteiger charge is 2.13. The van der Waals surface area contributed by atoms with Gasteiger partial charge < -0.3 is 14.6 Å². The SMILES string of the molecule is COc1ccc(-c2cc3ncn(C[C@H](O)COCc4ccccc4F)c(=O)c3s2)cc1. The van der Waals surface area contributed by atoms with Gasteiger partial charge >= 0.3 is 0 Å². The number of methoxy groups -OCH3 is 1. The summed E-state index contributed by atoms with van der Waals surface area (Å²) in [6, 6.07) is 15.8. The van der Waals surface area contributed by atoms with E-state index < -0.39 is 6.10 Å². The fraction of sp³-hybridized carbons (Fsp3) is 0.217. The fourth-order valence-electron chi connectivity index (χ4n) is 3.17. The average Bonchev–Trinajstić information content (AvgIpc) is 3.22. The highest BCUT2D eigenvalue weighted by molar-refractivity contribution is 7.22. The van der Waals surface area contributed by atoms with Gasteiger partial charge in [-0.25, -0.2) is 9.37 Å². The largest absolute Gasteiger partial charge is 0.497 e. The summed E-state index contributed by atoms with van der Waals surface area (Å²) in [7, 11) is 1.61. The van der Waals surface area contributed by atoms with Gasteiger partial charge in [-0.15, -0.1) is 11.3 Å². The molecule has 2 aromatic heterocycles. The Kier molecular flexibility index (Phi) is 6.41. The first kappa shape index (κ1) is 21.2. The number of fused-ring (bicyclic) bond motifs is 1. The number of hydrogen-bond acceptors (Lipinski definition) is 6. The number of halogens is 1. The number of aliphatic hydroxyl groups is 1. The lowest BCUT2D eigenvalue weighted by atomic mass is 10.2. The minimum Gasteiger partial charge on any atom is -0.497 e. The van der Waals surface area contributed by atoms with Gasteiger partial charge in [-0.3, -0.25) is 9.36 Å². The maximum atomic E-state index is 13.6. The summed E-state index contributed by atoms with van der Waals surface area (Å²) in [5.74, 6) is 0.407. The number of nitrogens with zero attached hydrogens (tertiary/aromatic N) is 2. The molecular weight excluding hydrogens is 419 g/mol. The molecule has 0 aliphatic rings. The molecule has 0 fully saturated rings. The van der Waals surface area contributed by atoms with Crippen molar-refractivity contribution in [3.8, 4) is 16.2 Å². The molecule has 31 heavy (non-hydrogen) atoms. The zero-order valence-electron chi connectivity index (χ0n) is 16.8. The van der Waals surface area contributed by atoms with E-state index in [1.54, 1.807) is 25.3 Å². The second-order valence-corrected chi connectivity index (χ2v) is 8.07. The molecule has 1 atom stereocenters. The summed E-state index contributed by atoms with van der Waals surface area (Å²) >= 11 is 1.36. The van der Waals surface area contributed by atoms with Crippen LogP contribution >= 0.6 is 11.3 Å². The Labute approximate surface area is 182 Å². The summed E-state index contributed by atoms with van der Waals surface area (Å²) in [5.41, 5.74) is 1.78. The van der Waals surface area contributed by atoms with E-state index in [4.69, 9.17) is 9.47 Å². The number of benzene rings is 2. The normalized spacial score (nSPS) is 12.2. The second kappa shape index (κ2) is 9.38. The van der Waals surface area contributed by atoms with Crippen LogP contribution in [0.15, 0.2) is 65.7 Å². The van der Waals surface area contributed by atoms with Gasteiger partial charge in [0.05, 0.1) is 44.8 Å². The highest BCUT2D eigenvalue weighted by atomic mass is 32.1. The highest BCUT2D eigenvalue weighted by Crippen LogP contribution is 2.31. The number of rotatable bonds is 8. The molecule has 0 radical (unpaired) electrons. The first-order chi connectivity index (χ1) is 15.0. The van der Waals surface area contributed by atoms with Crippen LogP contribution in [0.5, 0.6) is 5.75 Å². The van der Waals surface area contributed by atoms with Crippen molar-refractivity contribution in [3.05, 3.63) is 82.7 Å². The number of ether oxygens (including phenoxy) is 2. The Morgan fingerprint density at radius 3 is 2.71 bits per heavy atom. The molecule has 6 nitrogen and oxygen atoms in total. The molecule has 0 aliphatic carbocycles. The molecule has 1 N–H and O–H groups in total. The summed E-state index contributed by atoms with van der Waals surface area (Å²) in [4.78, 5) is 18.1.